The molecule has 13 heteroatoms. The van der Waals surface area contributed by atoms with Crippen LogP contribution < -0.4 is 10.2 Å². The second kappa shape index (κ2) is 10.8. The van der Waals surface area contributed by atoms with Crippen LogP contribution in [0.2, 0.25) is 0 Å². The molecule has 1 aromatic heterocycles. The van der Waals surface area contributed by atoms with Crippen LogP contribution in [-0.2, 0) is 9.59 Å². The fourth-order valence-electron chi connectivity index (χ4n) is 2.39. The first-order valence-corrected chi connectivity index (χ1v) is 8.65. The Morgan fingerprint density at radius 3 is 1.87 bits per heavy atom. The fraction of sp³-hybridized carbons (Fsp3) is 0.389. The van der Waals surface area contributed by atoms with Crippen molar-refractivity contribution in [2.24, 2.45) is 0 Å². The number of halogens is 6. The number of nitrogens with zero attached hydrogens (tertiary/aromatic N) is 2. The molecule has 0 bridgehead atoms. The second-order valence-electron chi connectivity index (χ2n) is 6.16. The molecule has 0 unspecified atom stereocenters. The number of nitrogens with one attached hydrogen (secondary N) is 1. The highest BCUT2D eigenvalue weighted by molar-refractivity contribution is 5.83. The van der Waals surface area contributed by atoms with Gasteiger partial charge in [0.25, 0.3) is 0 Å². The number of fused-ring (bicyclic) bond motifs is 1. The van der Waals surface area contributed by atoms with Crippen molar-refractivity contribution >= 4 is 28.7 Å². The van der Waals surface area contributed by atoms with E-state index in [1.807, 2.05) is 0 Å². The highest BCUT2D eigenvalue weighted by Gasteiger charge is 2.38. The van der Waals surface area contributed by atoms with Crippen LogP contribution in [0.5, 0.6) is 0 Å². The number of aliphatic carboxylic acids is 2. The van der Waals surface area contributed by atoms with Crippen molar-refractivity contribution in [1.82, 2.24) is 10.3 Å². The van der Waals surface area contributed by atoms with E-state index in [4.69, 9.17) is 24.8 Å². The van der Waals surface area contributed by atoms with Gasteiger partial charge in [0.1, 0.15) is 5.82 Å². The highest BCUT2D eigenvalue weighted by atomic mass is 19.4. The van der Waals surface area contributed by atoms with Crippen LogP contribution in [0.1, 0.15) is 5.56 Å². The Balaban J connectivity index is 0.000000288. The van der Waals surface area contributed by atoms with Crippen LogP contribution >= 0.6 is 0 Å². The monoisotopic (exact) mass is 455 g/mol. The van der Waals surface area contributed by atoms with Gasteiger partial charge in [-0.15, -0.1) is 0 Å². The number of hydrogen-bond donors (Lipinski definition) is 3. The number of hydrogen-bond acceptors (Lipinski definition) is 5. The van der Waals surface area contributed by atoms with Crippen LogP contribution in [0, 0.1) is 6.92 Å². The first kappa shape index (κ1) is 25.9. The van der Waals surface area contributed by atoms with E-state index in [2.05, 4.69) is 47.5 Å². The molecule has 3 rings (SSSR count). The Labute approximate surface area is 172 Å². The van der Waals surface area contributed by atoms with Gasteiger partial charge in [-0.05, 0) is 24.6 Å². The lowest BCUT2D eigenvalue weighted by atomic mass is 10.1. The van der Waals surface area contributed by atoms with Crippen LogP contribution in [0.4, 0.5) is 32.2 Å². The average molecular weight is 455 g/mol. The number of aromatic nitrogens is 1. The summed E-state index contributed by atoms with van der Waals surface area (Å²) < 4.78 is 63.5. The molecule has 0 amide bonds. The Kier molecular flexibility index (Phi) is 9.03. The zero-order valence-corrected chi connectivity index (χ0v) is 16.1. The standard InChI is InChI=1S/C14H17N3.2C2HF3O2/c1-11-10-14(17-8-6-15-7-9-17)16-13-5-3-2-4-12(11)13;2*3-2(4,5)1(6)7/h2-5,10,15H,6-9H2,1H3;2*(H,6,7). The third-order valence-corrected chi connectivity index (χ3v) is 3.84. The number of rotatable bonds is 1. The SMILES string of the molecule is Cc1cc(N2CCNCC2)nc2ccccc12.O=C(O)C(F)(F)F.O=C(O)C(F)(F)F. The smallest absolute Gasteiger partial charge is 0.475 e. The van der Waals surface area contributed by atoms with Crippen molar-refractivity contribution in [3.8, 4) is 0 Å². The number of carbonyl (C=O) groups is 2. The van der Waals surface area contributed by atoms with Gasteiger partial charge in [0.15, 0.2) is 0 Å². The maximum atomic E-state index is 10.6. The van der Waals surface area contributed by atoms with E-state index in [1.54, 1.807) is 0 Å². The number of aryl methyl sites for hydroxylation is 1. The van der Waals surface area contributed by atoms with Crippen molar-refractivity contribution < 1.29 is 46.1 Å². The predicted octanol–water partition coefficient (Wildman–Crippen LogP) is 3.22. The van der Waals surface area contributed by atoms with Gasteiger partial charge in [0, 0.05) is 31.6 Å². The molecule has 31 heavy (non-hydrogen) atoms. The first-order valence-electron chi connectivity index (χ1n) is 8.65. The predicted molar refractivity (Wildman–Crippen MR) is 98.9 cm³/mol. The van der Waals surface area contributed by atoms with E-state index in [-0.39, 0.29) is 0 Å². The molecule has 2 heterocycles. The van der Waals surface area contributed by atoms with Crippen LogP contribution in [-0.4, -0.2) is 65.7 Å². The molecule has 0 saturated carbocycles. The maximum Gasteiger partial charge on any atom is 0.490 e. The molecule has 7 nitrogen and oxygen atoms in total. The van der Waals surface area contributed by atoms with Gasteiger partial charge in [0.05, 0.1) is 5.52 Å². The maximum absolute atomic E-state index is 10.6. The molecule has 3 N–H and O–H groups in total. The number of carboxylic acids is 2. The largest absolute Gasteiger partial charge is 0.490 e. The molecule has 2 aromatic rings. The number of piperazine rings is 1. The molecule has 172 valence electrons. The van der Waals surface area contributed by atoms with E-state index in [0.29, 0.717) is 0 Å². The molecule has 0 atom stereocenters. The van der Waals surface area contributed by atoms with Crippen molar-refractivity contribution in [1.29, 1.82) is 0 Å². The van der Waals surface area contributed by atoms with Crippen molar-refractivity contribution in [3.05, 3.63) is 35.9 Å². The number of pyridine rings is 1. The lowest BCUT2D eigenvalue weighted by Gasteiger charge is -2.28. The second-order valence-corrected chi connectivity index (χ2v) is 6.16. The molecule has 1 aromatic carbocycles. The Hall–Kier alpha value is -3.09. The van der Waals surface area contributed by atoms with Crippen molar-refractivity contribution in [3.63, 3.8) is 0 Å². The number of benzene rings is 1. The quantitative estimate of drug-likeness (QED) is 0.568. The Bertz CT molecular complexity index is 872. The minimum atomic E-state index is -5.08. The summed E-state index contributed by atoms with van der Waals surface area (Å²) in [7, 11) is 0. The third kappa shape index (κ3) is 8.66. The van der Waals surface area contributed by atoms with E-state index >= 15 is 0 Å². The van der Waals surface area contributed by atoms with E-state index < -0.39 is 24.3 Å². The van der Waals surface area contributed by atoms with Crippen LogP contribution in [0.3, 0.4) is 0 Å². The zero-order chi connectivity index (χ0) is 23.8. The molecule has 1 aliphatic rings. The fourth-order valence-corrected chi connectivity index (χ4v) is 2.39. The first-order chi connectivity index (χ1) is 14.2. The molecule has 0 aliphatic carbocycles. The van der Waals surface area contributed by atoms with E-state index in [0.717, 1.165) is 37.5 Å². The van der Waals surface area contributed by atoms with Crippen LogP contribution in [0.15, 0.2) is 30.3 Å². The summed E-state index contributed by atoms with van der Waals surface area (Å²) in [4.78, 5) is 24.9. The van der Waals surface area contributed by atoms with Crippen molar-refractivity contribution in [2.75, 3.05) is 31.1 Å². The number of carboxylic acid groups (broad SMARTS) is 2. The van der Waals surface area contributed by atoms with Gasteiger partial charge in [-0.2, -0.15) is 26.3 Å². The van der Waals surface area contributed by atoms with Crippen molar-refractivity contribution in [2.45, 2.75) is 19.3 Å². The van der Waals surface area contributed by atoms with Gasteiger partial charge in [0.2, 0.25) is 0 Å². The lowest BCUT2D eigenvalue weighted by molar-refractivity contribution is -0.193. The number of para-hydroxylation sites is 1. The van der Waals surface area contributed by atoms with E-state index in [9.17, 15) is 26.3 Å². The van der Waals surface area contributed by atoms with Gasteiger partial charge in [-0.3, -0.25) is 0 Å². The number of alkyl halides is 6. The van der Waals surface area contributed by atoms with Gasteiger partial charge in [-0.1, -0.05) is 18.2 Å². The minimum absolute atomic E-state index is 1.05. The minimum Gasteiger partial charge on any atom is -0.475 e. The molecular weight excluding hydrogens is 436 g/mol. The highest BCUT2D eigenvalue weighted by Crippen LogP contribution is 2.22. The number of anilines is 1. The normalized spacial score (nSPS) is 14.1. The van der Waals surface area contributed by atoms with E-state index in [1.165, 1.54) is 10.9 Å². The molecular formula is C18H19F6N3O4. The molecule has 0 spiro atoms. The summed E-state index contributed by atoms with van der Waals surface area (Å²) in [6.07, 6.45) is -10.2. The molecule has 1 aliphatic heterocycles. The molecule has 1 fully saturated rings. The summed E-state index contributed by atoms with van der Waals surface area (Å²) in [6.45, 7) is 6.35. The summed E-state index contributed by atoms with van der Waals surface area (Å²) in [5, 5.41) is 18.9. The summed E-state index contributed by atoms with van der Waals surface area (Å²) >= 11 is 0. The van der Waals surface area contributed by atoms with Crippen LogP contribution in [0.25, 0.3) is 10.9 Å². The summed E-state index contributed by atoms with van der Waals surface area (Å²) in [6, 6.07) is 10.6. The third-order valence-electron chi connectivity index (χ3n) is 3.84. The average Bonchev–Trinajstić information content (AvgIpc) is 2.68. The summed E-state index contributed by atoms with van der Waals surface area (Å²) in [5.74, 6) is -4.40. The van der Waals surface area contributed by atoms with Gasteiger partial charge >= 0.3 is 24.3 Å². The summed E-state index contributed by atoms with van der Waals surface area (Å²) in [5.41, 5.74) is 2.41. The lowest BCUT2D eigenvalue weighted by Crippen LogP contribution is -2.43. The topological polar surface area (TPSA) is 103 Å². The van der Waals surface area contributed by atoms with Gasteiger partial charge in [-0.25, -0.2) is 14.6 Å². The molecule has 0 radical (unpaired) electrons. The van der Waals surface area contributed by atoms with Gasteiger partial charge < -0.3 is 20.4 Å². The zero-order valence-electron chi connectivity index (χ0n) is 16.1. The Morgan fingerprint density at radius 2 is 1.42 bits per heavy atom. The Morgan fingerprint density at radius 1 is 0.968 bits per heavy atom. The molecule has 1 saturated heterocycles.